The maximum atomic E-state index is 12.2. The number of H-pyrrole nitrogens is 1. The molecule has 2 aromatic rings. The molecule has 26 heavy (non-hydrogen) atoms. The summed E-state index contributed by atoms with van der Waals surface area (Å²) in [6.45, 7) is 3.99. The van der Waals surface area contributed by atoms with E-state index in [0.717, 1.165) is 50.3 Å². The number of nitrogens with zero attached hydrogens (tertiary/aromatic N) is 3. The minimum absolute atomic E-state index is 0.422. The first-order valence-electron chi connectivity index (χ1n) is 9.05. The Kier molecular flexibility index (Phi) is 4.28. The molecule has 1 saturated heterocycles. The number of carboxylic acids is 1. The fourth-order valence-electron chi connectivity index (χ4n) is 4.05. The van der Waals surface area contributed by atoms with Gasteiger partial charge in [0.25, 0.3) is 5.56 Å². The Morgan fingerprint density at radius 2 is 1.96 bits per heavy atom. The Bertz CT molecular complexity index is 909. The van der Waals surface area contributed by atoms with Gasteiger partial charge in [-0.1, -0.05) is 0 Å². The van der Waals surface area contributed by atoms with Crippen molar-refractivity contribution in [3.8, 4) is 17.0 Å². The monoisotopic (exact) mass is 358 g/mol. The molecule has 1 aliphatic heterocycles. The third kappa shape index (κ3) is 2.80. The van der Waals surface area contributed by atoms with Crippen LogP contribution in [0.1, 0.15) is 40.9 Å². The van der Waals surface area contributed by atoms with Crippen LogP contribution in [-0.4, -0.2) is 55.5 Å². The number of carboxylic acid groups (broad SMARTS) is 1. The Hall–Kier alpha value is -2.61. The first kappa shape index (κ1) is 16.8. The van der Waals surface area contributed by atoms with E-state index in [9.17, 15) is 19.8 Å². The van der Waals surface area contributed by atoms with Gasteiger partial charge >= 0.3 is 5.97 Å². The topological polar surface area (TPSA) is 111 Å². The number of hydrogen-bond acceptors (Lipinski definition) is 5. The van der Waals surface area contributed by atoms with Crippen molar-refractivity contribution in [1.82, 2.24) is 19.7 Å². The molecule has 0 amide bonds. The molecule has 8 nitrogen and oxygen atoms in total. The van der Waals surface area contributed by atoms with Crippen LogP contribution < -0.4 is 5.56 Å². The molecule has 138 valence electrons. The average molecular weight is 358 g/mol. The van der Waals surface area contributed by atoms with E-state index in [-0.39, 0.29) is 0 Å². The molecule has 0 radical (unpaired) electrons. The Morgan fingerprint density at radius 1 is 1.19 bits per heavy atom. The van der Waals surface area contributed by atoms with Gasteiger partial charge in [0.1, 0.15) is 5.75 Å². The van der Waals surface area contributed by atoms with E-state index in [1.165, 1.54) is 12.8 Å². The molecule has 0 aromatic carbocycles. The smallest absolute Gasteiger partial charge is 0.345 e. The minimum Gasteiger partial charge on any atom is -0.506 e. The molecule has 2 aromatic heterocycles. The van der Waals surface area contributed by atoms with E-state index in [2.05, 4.69) is 15.0 Å². The number of aromatic hydroxyl groups is 1. The number of nitrogens with one attached hydrogen (secondary N) is 1. The summed E-state index contributed by atoms with van der Waals surface area (Å²) in [7, 11) is 0. The third-order valence-corrected chi connectivity index (χ3v) is 5.39. The van der Waals surface area contributed by atoms with Crippen molar-refractivity contribution in [3.05, 3.63) is 33.4 Å². The SMILES string of the molecule is O=C(O)c1c(O)c2c([nH]c1=O)-c1cnn(CCN3CCCC3)c1CCC2. The quantitative estimate of drug-likeness (QED) is 0.758. The van der Waals surface area contributed by atoms with Gasteiger partial charge in [-0.05, 0) is 45.2 Å². The van der Waals surface area contributed by atoms with Crippen molar-refractivity contribution in [2.75, 3.05) is 19.6 Å². The highest BCUT2D eigenvalue weighted by atomic mass is 16.4. The summed E-state index contributed by atoms with van der Waals surface area (Å²) in [6, 6.07) is 0. The zero-order chi connectivity index (χ0) is 18.3. The van der Waals surface area contributed by atoms with E-state index in [1.54, 1.807) is 6.20 Å². The maximum Gasteiger partial charge on any atom is 0.345 e. The standard InChI is InChI=1S/C18H22N4O4/c23-16-11-4-3-5-13-12(15(11)20-17(24)14(16)18(25)26)10-19-22(13)9-8-21-6-1-2-7-21/h10H,1-9H2,(H,25,26)(H2,20,23,24). The Labute approximate surface area is 150 Å². The van der Waals surface area contributed by atoms with E-state index in [0.29, 0.717) is 17.7 Å². The lowest BCUT2D eigenvalue weighted by Crippen LogP contribution is -2.25. The van der Waals surface area contributed by atoms with Gasteiger partial charge in [0, 0.05) is 23.4 Å². The molecule has 0 spiro atoms. The summed E-state index contributed by atoms with van der Waals surface area (Å²) in [4.78, 5) is 28.5. The van der Waals surface area contributed by atoms with E-state index in [1.807, 2.05) is 4.68 Å². The molecular weight excluding hydrogens is 336 g/mol. The molecule has 0 saturated carbocycles. The fourth-order valence-corrected chi connectivity index (χ4v) is 4.05. The summed E-state index contributed by atoms with van der Waals surface area (Å²) in [5.74, 6) is -1.84. The number of aromatic nitrogens is 3. The largest absolute Gasteiger partial charge is 0.506 e. The molecule has 0 atom stereocenters. The lowest BCUT2D eigenvalue weighted by molar-refractivity contribution is 0.0691. The normalized spacial score (nSPS) is 16.9. The first-order chi connectivity index (χ1) is 12.6. The molecule has 4 rings (SSSR count). The van der Waals surface area contributed by atoms with Crippen LogP contribution in [0.2, 0.25) is 0 Å². The number of likely N-dealkylation sites (tertiary alicyclic amines) is 1. The van der Waals surface area contributed by atoms with Crippen molar-refractivity contribution in [1.29, 1.82) is 0 Å². The van der Waals surface area contributed by atoms with Gasteiger partial charge < -0.3 is 20.1 Å². The maximum absolute atomic E-state index is 12.2. The molecule has 8 heteroatoms. The van der Waals surface area contributed by atoms with Crippen LogP contribution in [0.25, 0.3) is 11.3 Å². The Morgan fingerprint density at radius 3 is 2.69 bits per heavy atom. The molecule has 1 aliphatic carbocycles. The number of aromatic carboxylic acids is 1. The second kappa shape index (κ2) is 6.60. The van der Waals surface area contributed by atoms with Crippen LogP contribution >= 0.6 is 0 Å². The molecular formula is C18H22N4O4. The van der Waals surface area contributed by atoms with Crippen molar-refractivity contribution in [3.63, 3.8) is 0 Å². The lowest BCUT2D eigenvalue weighted by atomic mass is 10.0. The molecule has 2 aliphatic rings. The van der Waals surface area contributed by atoms with Crippen LogP contribution in [0, 0.1) is 0 Å². The second-order valence-electron chi connectivity index (χ2n) is 6.97. The summed E-state index contributed by atoms with van der Waals surface area (Å²) in [5, 5.41) is 24.0. The van der Waals surface area contributed by atoms with E-state index >= 15 is 0 Å². The number of hydrogen-bond donors (Lipinski definition) is 3. The number of aromatic amines is 1. The van der Waals surface area contributed by atoms with Crippen molar-refractivity contribution in [2.45, 2.75) is 38.6 Å². The van der Waals surface area contributed by atoms with Gasteiger partial charge in [0.15, 0.2) is 5.56 Å². The molecule has 3 N–H and O–H groups in total. The summed E-state index contributed by atoms with van der Waals surface area (Å²) >= 11 is 0. The molecule has 0 bridgehead atoms. The summed E-state index contributed by atoms with van der Waals surface area (Å²) in [6.07, 6.45) is 6.24. The number of fused-ring (bicyclic) bond motifs is 3. The van der Waals surface area contributed by atoms with Crippen LogP contribution in [0.4, 0.5) is 0 Å². The first-order valence-corrected chi connectivity index (χ1v) is 9.05. The third-order valence-electron chi connectivity index (χ3n) is 5.39. The van der Waals surface area contributed by atoms with Gasteiger partial charge in [-0.25, -0.2) is 4.79 Å². The zero-order valence-electron chi connectivity index (χ0n) is 14.5. The van der Waals surface area contributed by atoms with Crippen LogP contribution in [0.5, 0.6) is 5.75 Å². The highest BCUT2D eigenvalue weighted by Gasteiger charge is 2.27. The highest BCUT2D eigenvalue weighted by molar-refractivity contribution is 5.92. The fraction of sp³-hybridized carbons (Fsp3) is 0.500. The Balaban J connectivity index is 1.72. The molecule has 3 heterocycles. The van der Waals surface area contributed by atoms with E-state index in [4.69, 9.17) is 0 Å². The van der Waals surface area contributed by atoms with Gasteiger partial charge in [-0.3, -0.25) is 9.48 Å². The van der Waals surface area contributed by atoms with Crippen molar-refractivity contribution >= 4 is 5.97 Å². The summed E-state index contributed by atoms with van der Waals surface area (Å²) < 4.78 is 1.98. The number of carbonyl (C=O) groups is 1. The predicted octanol–water partition coefficient (Wildman–Crippen LogP) is 1.23. The zero-order valence-corrected chi connectivity index (χ0v) is 14.5. The van der Waals surface area contributed by atoms with Gasteiger partial charge in [0.05, 0.1) is 18.4 Å². The second-order valence-corrected chi connectivity index (χ2v) is 6.97. The summed E-state index contributed by atoms with van der Waals surface area (Å²) in [5.41, 5.74) is 1.42. The van der Waals surface area contributed by atoms with E-state index < -0.39 is 22.8 Å². The minimum atomic E-state index is -1.42. The van der Waals surface area contributed by atoms with Crippen LogP contribution in [0.15, 0.2) is 11.0 Å². The average Bonchev–Trinajstić information content (AvgIpc) is 3.20. The van der Waals surface area contributed by atoms with Crippen LogP contribution in [0.3, 0.4) is 0 Å². The number of pyridine rings is 1. The van der Waals surface area contributed by atoms with Gasteiger partial charge in [-0.2, -0.15) is 5.10 Å². The van der Waals surface area contributed by atoms with Crippen molar-refractivity contribution in [2.24, 2.45) is 0 Å². The molecule has 0 unspecified atom stereocenters. The van der Waals surface area contributed by atoms with Gasteiger partial charge in [-0.15, -0.1) is 0 Å². The number of rotatable bonds is 4. The van der Waals surface area contributed by atoms with Crippen LogP contribution in [-0.2, 0) is 19.4 Å². The molecule has 1 fully saturated rings. The predicted molar refractivity (Wildman–Crippen MR) is 94.6 cm³/mol. The lowest BCUT2D eigenvalue weighted by Gasteiger charge is -2.15. The van der Waals surface area contributed by atoms with Crippen molar-refractivity contribution < 1.29 is 15.0 Å². The van der Waals surface area contributed by atoms with Gasteiger partial charge in [0.2, 0.25) is 0 Å². The highest BCUT2D eigenvalue weighted by Crippen LogP contribution is 2.35.